The molecule has 2 fully saturated rings. The number of hydrogen-bond acceptors (Lipinski definition) is 12. The average molecular weight is 714 g/mol. The number of benzene rings is 3. The second-order valence-corrected chi connectivity index (χ2v) is 13.6. The van der Waals surface area contributed by atoms with Gasteiger partial charge in [0.05, 0.1) is 42.4 Å². The van der Waals surface area contributed by atoms with Crippen molar-refractivity contribution in [2.75, 3.05) is 13.7 Å². The third-order valence-electron chi connectivity index (χ3n) is 10.4. The molecule has 0 saturated carbocycles. The Morgan fingerprint density at radius 3 is 2.42 bits per heavy atom. The van der Waals surface area contributed by atoms with Crippen LogP contribution in [-0.4, -0.2) is 87.5 Å². The molecule has 1 aromatic heterocycles. The summed E-state index contributed by atoms with van der Waals surface area (Å²) in [7, 11) is 1.38. The lowest BCUT2D eigenvalue weighted by Gasteiger charge is -2.42. The maximum atomic E-state index is 14.3. The Morgan fingerprint density at radius 1 is 1.02 bits per heavy atom. The van der Waals surface area contributed by atoms with E-state index in [2.05, 4.69) is 6.58 Å². The second kappa shape index (κ2) is 12.3. The minimum Gasteiger partial charge on any atom is -0.495 e. The molecule has 1 aliphatic carbocycles. The SMILES string of the molecule is C=C1c2c(oc3ccc(OC4CC(O)C(O)C(C)O4)cc3c2=O)C(=O)c2ccc3cc4c(c(OC)c3c21)C(=O)N1C(C)(C4)OC(=O)C1(C)CO.CC. The monoisotopic (exact) mass is 713 g/mol. The molecule has 2 saturated heterocycles. The van der Waals surface area contributed by atoms with Crippen LogP contribution in [0.4, 0.5) is 0 Å². The Bertz CT molecular complexity index is 2280. The van der Waals surface area contributed by atoms with Gasteiger partial charge in [-0.15, -0.1) is 0 Å². The number of aliphatic hydroxyl groups excluding tert-OH is 3. The number of amides is 1. The maximum absolute atomic E-state index is 14.3. The summed E-state index contributed by atoms with van der Waals surface area (Å²) in [6, 6.07) is 9.57. The fourth-order valence-electron chi connectivity index (χ4n) is 7.90. The van der Waals surface area contributed by atoms with Crippen LogP contribution in [0.2, 0.25) is 0 Å². The van der Waals surface area contributed by atoms with Crippen LogP contribution in [-0.2, 0) is 20.7 Å². The van der Waals surface area contributed by atoms with E-state index in [1.165, 1.54) is 31.1 Å². The molecule has 0 radical (unpaired) electrons. The molecule has 3 N–H and O–H groups in total. The number of esters is 1. The predicted molar refractivity (Wildman–Crippen MR) is 187 cm³/mol. The van der Waals surface area contributed by atoms with Crippen molar-refractivity contribution in [3.8, 4) is 11.5 Å². The van der Waals surface area contributed by atoms with Gasteiger partial charge in [-0.3, -0.25) is 19.3 Å². The van der Waals surface area contributed by atoms with Crippen molar-refractivity contribution in [2.45, 2.75) is 83.3 Å². The molecule has 3 aromatic carbocycles. The molecule has 0 bridgehead atoms. The quantitative estimate of drug-likeness (QED) is 0.229. The second-order valence-electron chi connectivity index (χ2n) is 13.6. The van der Waals surface area contributed by atoms with Crippen LogP contribution in [0.3, 0.4) is 0 Å². The summed E-state index contributed by atoms with van der Waals surface area (Å²) in [6.07, 6.45) is -3.57. The van der Waals surface area contributed by atoms with Crippen LogP contribution in [0.15, 0.2) is 52.2 Å². The Kier molecular flexibility index (Phi) is 8.33. The van der Waals surface area contributed by atoms with Gasteiger partial charge in [-0.05, 0) is 67.6 Å². The number of rotatable bonds is 4. The molecule has 13 nitrogen and oxygen atoms in total. The highest BCUT2D eigenvalue weighted by atomic mass is 16.7. The number of nitrogens with zero attached hydrogens (tertiary/aromatic N) is 1. The lowest BCUT2D eigenvalue weighted by molar-refractivity contribution is -0.216. The normalized spacial score (nSPS) is 27.7. The summed E-state index contributed by atoms with van der Waals surface area (Å²) in [6.45, 7) is 12.2. The molecule has 6 atom stereocenters. The van der Waals surface area contributed by atoms with E-state index in [0.29, 0.717) is 16.3 Å². The van der Waals surface area contributed by atoms with Gasteiger partial charge in [0.15, 0.2) is 17.0 Å². The van der Waals surface area contributed by atoms with Crippen molar-refractivity contribution in [1.82, 2.24) is 4.90 Å². The van der Waals surface area contributed by atoms with Crippen molar-refractivity contribution in [3.05, 3.63) is 86.8 Å². The van der Waals surface area contributed by atoms with E-state index in [1.54, 1.807) is 38.1 Å². The first-order valence-electron chi connectivity index (χ1n) is 17.1. The van der Waals surface area contributed by atoms with E-state index in [9.17, 15) is 34.5 Å². The fourth-order valence-corrected chi connectivity index (χ4v) is 7.90. The zero-order valence-electron chi connectivity index (χ0n) is 29.6. The Balaban J connectivity index is 0.00000207. The van der Waals surface area contributed by atoms with Crippen LogP contribution in [0.5, 0.6) is 11.5 Å². The lowest BCUT2D eigenvalue weighted by atomic mass is 9.79. The molecular weight excluding hydrogens is 674 g/mol. The number of carbonyl (C=O) groups excluding carboxylic acids is 3. The molecule has 6 unspecified atom stereocenters. The first kappa shape index (κ1) is 35.3. The number of fused-ring (bicyclic) bond motifs is 7. The van der Waals surface area contributed by atoms with Crippen LogP contribution in [0.25, 0.3) is 27.3 Å². The summed E-state index contributed by atoms with van der Waals surface area (Å²) in [4.78, 5) is 56.7. The standard InChI is InChI=1S/C37H33NO12.C2H6/c1-15-25-20(8-6-17-10-18-13-37(4)38(36(3,14-39)35(45)50-37)34(44)28(18)32(46-5)27(17)25)31(43)33-26(15)30(42)21-11-19(7-9-23(21)49-33)48-24-12-22(40)29(41)16(2)47-24;1-2/h6-11,16,22,24,29,39-41H,1,12-14H2,2-5H3;1-2H3. The topological polar surface area (TPSA) is 182 Å². The van der Waals surface area contributed by atoms with Crippen LogP contribution >= 0.6 is 0 Å². The van der Waals surface area contributed by atoms with Gasteiger partial charge in [0.25, 0.3) is 5.91 Å². The molecule has 3 aliphatic heterocycles. The van der Waals surface area contributed by atoms with Gasteiger partial charge < -0.3 is 38.7 Å². The van der Waals surface area contributed by atoms with E-state index < -0.39 is 65.6 Å². The van der Waals surface area contributed by atoms with Crippen molar-refractivity contribution in [1.29, 1.82) is 0 Å². The smallest absolute Gasteiger partial charge is 0.336 e. The van der Waals surface area contributed by atoms with E-state index in [-0.39, 0.29) is 68.9 Å². The molecular formula is C39H39NO12. The van der Waals surface area contributed by atoms with E-state index in [1.807, 2.05) is 13.8 Å². The average Bonchev–Trinajstić information content (AvgIpc) is 3.33. The van der Waals surface area contributed by atoms with Crippen molar-refractivity contribution >= 4 is 45.0 Å². The molecule has 4 aromatic rings. The highest BCUT2D eigenvalue weighted by molar-refractivity contribution is 6.23. The molecule has 272 valence electrons. The lowest BCUT2D eigenvalue weighted by Crippen LogP contribution is -2.60. The van der Waals surface area contributed by atoms with Crippen LogP contribution in [0, 0.1) is 0 Å². The number of methoxy groups -OCH3 is 1. The number of carbonyl (C=O) groups is 3. The van der Waals surface area contributed by atoms with Gasteiger partial charge in [-0.2, -0.15) is 0 Å². The molecule has 0 spiro atoms. The summed E-state index contributed by atoms with van der Waals surface area (Å²) in [5, 5.41) is 31.5. The summed E-state index contributed by atoms with van der Waals surface area (Å²) in [5.74, 6) is -1.73. The van der Waals surface area contributed by atoms with Crippen molar-refractivity contribution in [3.63, 3.8) is 0 Å². The number of ether oxygens (including phenoxy) is 4. The first-order valence-corrected chi connectivity index (χ1v) is 17.1. The van der Waals surface area contributed by atoms with Gasteiger partial charge in [-0.25, -0.2) is 4.79 Å². The Morgan fingerprint density at radius 2 is 1.75 bits per heavy atom. The minimum absolute atomic E-state index is 0.00508. The summed E-state index contributed by atoms with van der Waals surface area (Å²) < 4.78 is 29.2. The van der Waals surface area contributed by atoms with E-state index in [0.717, 1.165) is 0 Å². The van der Waals surface area contributed by atoms with Crippen LogP contribution < -0.4 is 14.9 Å². The molecule has 4 heterocycles. The van der Waals surface area contributed by atoms with Crippen molar-refractivity contribution < 1.29 is 53.1 Å². The number of hydrogen-bond donors (Lipinski definition) is 3. The third-order valence-corrected chi connectivity index (χ3v) is 10.4. The van der Waals surface area contributed by atoms with Crippen LogP contribution in [0.1, 0.15) is 84.2 Å². The Labute approximate surface area is 297 Å². The highest BCUT2D eigenvalue weighted by Crippen LogP contribution is 2.50. The van der Waals surface area contributed by atoms with Gasteiger partial charge in [0.1, 0.15) is 23.2 Å². The maximum Gasteiger partial charge on any atom is 0.336 e. The Hall–Kier alpha value is -5.08. The molecule has 13 heteroatoms. The summed E-state index contributed by atoms with van der Waals surface area (Å²) in [5.41, 5.74) is -2.13. The van der Waals surface area contributed by atoms with Gasteiger partial charge in [0, 0.05) is 29.4 Å². The third kappa shape index (κ3) is 4.83. The molecule has 4 aliphatic rings. The van der Waals surface area contributed by atoms with Gasteiger partial charge >= 0.3 is 5.97 Å². The van der Waals surface area contributed by atoms with Crippen molar-refractivity contribution in [2.24, 2.45) is 0 Å². The molecule has 52 heavy (non-hydrogen) atoms. The first-order chi connectivity index (χ1) is 24.7. The largest absolute Gasteiger partial charge is 0.495 e. The minimum atomic E-state index is -1.64. The van der Waals surface area contributed by atoms with E-state index >= 15 is 0 Å². The highest BCUT2D eigenvalue weighted by Gasteiger charge is 2.63. The molecule has 1 amide bonds. The molecule has 8 rings (SSSR count). The fraction of sp³-hybridized carbons (Fsp3) is 0.385. The number of ketones is 1. The van der Waals surface area contributed by atoms with Gasteiger partial charge in [-0.1, -0.05) is 26.5 Å². The predicted octanol–water partition coefficient (Wildman–Crippen LogP) is 3.84. The zero-order valence-corrected chi connectivity index (χ0v) is 29.6. The number of aliphatic hydroxyl groups is 3. The van der Waals surface area contributed by atoms with Gasteiger partial charge in [0.2, 0.25) is 17.5 Å². The summed E-state index contributed by atoms with van der Waals surface area (Å²) >= 11 is 0. The zero-order chi connectivity index (χ0) is 37.6. The van der Waals surface area contributed by atoms with E-state index in [4.69, 9.17) is 23.4 Å².